The van der Waals surface area contributed by atoms with Gasteiger partial charge in [-0.3, -0.25) is 9.69 Å². The Bertz CT molecular complexity index is 1180. The van der Waals surface area contributed by atoms with Crippen LogP contribution in [0.3, 0.4) is 0 Å². The zero-order chi connectivity index (χ0) is 21.1. The molecule has 0 atom stereocenters. The standard InChI is InChI=1S/C25H24N2O2S/c1-17-9-10-20(13-18(17)2)14-24(28)27(16-19-7-5-4-6-8-19)25-26-22-15-21(29-3)11-12-23(22)30-25/h4-13,15H,14,16H2,1-3H3. The average molecular weight is 417 g/mol. The number of fused-ring (bicyclic) bond motifs is 1. The molecule has 0 spiro atoms. The first kappa shape index (κ1) is 20.1. The summed E-state index contributed by atoms with van der Waals surface area (Å²) in [5.74, 6) is 0.795. The number of amides is 1. The molecule has 0 saturated carbocycles. The fraction of sp³-hybridized carbons (Fsp3) is 0.200. The zero-order valence-corrected chi connectivity index (χ0v) is 18.2. The molecule has 0 aliphatic carbocycles. The van der Waals surface area contributed by atoms with E-state index in [1.165, 1.54) is 22.5 Å². The number of thiazole rings is 1. The lowest BCUT2D eigenvalue weighted by Crippen LogP contribution is -2.31. The molecule has 0 aliphatic rings. The maximum absolute atomic E-state index is 13.4. The topological polar surface area (TPSA) is 42.4 Å². The van der Waals surface area contributed by atoms with Crippen molar-refractivity contribution in [2.24, 2.45) is 0 Å². The van der Waals surface area contributed by atoms with Crippen LogP contribution in [0.2, 0.25) is 0 Å². The van der Waals surface area contributed by atoms with Crippen molar-refractivity contribution in [2.75, 3.05) is 12.0 Å². The normalized spacial score (nSPS) is 10.9. The molecule has 4 aromatic rings. The maximum Gasteiger partial charge on any atom is 0.233 e. The molecule has 3 aromatic carbocycles. The lowest BCUT2D eigenvalue weighted by atomic mass is 10.0. The summed E-state index contributed by atoms with van der Waals surface area (Å²) in [4.78, 5) is 19.9. The van der Waals surface area contributed by atoms with Gasteiger partial charge in [-0.25, -0.2) is 4.98 Å². The number of methoxy groups -OCH3 is 1. The van der Waals surface area contributed by atoms with E-state index in [1.807, 2.05) is 54.6 Å². The largest absolute Gasteiger partial charge is 0.497 e. The summed E-state index contributed by atoms with van der Waals surface area (Å²) < 4.78 is 6.35. The van der Waals surface area contributed by atoms with E-state index in [4.69, 9.17) is 9.72 Å². The molecule has 30 heavy (non-hydrogen) atoms. The Labute approximate surface area is 180 Å². The van der Waals surface area contributed by atoms with Crippen LogP contribution >= 0.6 is 11.3 Å². The molecule has 0 unspecified atom stereocenters. The highest BCUT2D eigenvalue weighted by Crippen LogP contribution is 2.32. The van der Waals surface area contributed by atoms with E-state index in [-0.39, 0.29) is 5.91 Å². The lowest BCUT2D eigenvalue weighted by molar-refractivity contribution is -0.118. The van der Waals surface area contributed by atoms with Crippen molar-refractivity contribution in [3.05, 3.63) is 89.0 Å². The van der Waals surface area contributed by atoms with Gasteiger partial charge in [0, 0.05) is 6.07 Å². The third kappa shape index (κ3) is 4.36. The molecule has 0 saturated heterocycles. The molecule has 1 amide bonds. The van der Waals surface area contributed by atoms with Gasteiger partial charge in [-0.1, -0.05) is 59.9 Å². The number of benzene rings is 3. The molecule has 1 aromatic heterocycles. The van der Waals surface area contributed by atoms with Crippen LogP contribution in [-0.4, -0.2) is 18.0 Å². The number of hydrogen-bond donors (Lipinski definition) is 0. The van der Waals surface area contributed by atoms with Crippen LogP contribution in [0.1, 0.15) is 22.3 Å². The second-order valence-corrected chi connectivity index (χ2v) is 8.40. The number of nitrogens with zero attached hydrogens (tertiary/aromatic N) is 2. The Morgan fingerprint density at radius 3 is 2.50 bits per heavy atom. The van der Waals surface area contributed by atoms with Crippen molar-refractivity contribution in [3.63, 3.8) is 0 Å². The van der Waals surface area contributed by atoms with Crippen LogP contribution in [0.4, 0.5) is 5.13 Å². The van der Waals surface area contributed by atoms with Gasteiger partial charge < -0.3 is 4.74 Å². The van der Waals surface area contributed by atoms with E-state index >= 15 is 0 Å². The van der Waals surface area contributed by atoms with Crippen LogP contribution in [0, 0.1) is 13.8 Å². The molecule has 0 radical (unpaired) electrons. The smallest absolute Gasteiger partial charge is 0.233 e. The number of rotatable bonds is 6. The van der Waals surface area contributed by atoms with Crippen molar-refractivity contribution >= 4 is 32.6 Å². The highest BCUT2D eigenvalue weighted by Gasteiger charge is 2.21. The zero-order valence-electron chi connectivity index (χ0n) is 17.4. The molecule has 0 fully saturated rings. The van der Waals surface area contributed by atoms with E-state index in [1.54, 1.807) is 12.0 Å². The summed E-state index contributed by atoms with van der Waals surface area (Å²) in [5.41, 5.74) is 5.35. The summed E-state index contributed by atoms with van der Waals surface area (Å²) in [5, 5.41) is 0.705. The van der Waals surface area contributed by atoms with E-state index in [9.17, 15) is 4.79 Å². The van der Waals surface area contributed by atoms with Gasteiger partial charge in [0.1, 0.15) is 5.75 Å². The van der Waals surface area contributed by atoms with Crippen LogP contribution < -0.4 is 9.64 Å². The van der Waals surface area contributed by atoms with E-state index < -0.39 is 0 Å². The third-order valence-corrected chi connectivity index (χ3v) is 6.28. The Balaban J connectivity index is 1.68. The minimum atomic E-state index is 0.0353. The molecule has 0 aliphatic heterocycles. The van der Waals surface area contributed by atoms with Crippen LogP contribution in [0.25, 0.3) is 10.2 Å². The van der Waals surface area contributed by atoms with E-state index in [0.717, 1.165) is 27.1 Å². The molecule has 152 valence electrons. The van der Waals surface area contributed by atoms with Crippen molar-refractivity contribution in [1.29, 1.82) is 0 Å². The van der Waals surface area contributed by atoms with Gasteiger partial charge in [0.15, 0.2) is 5.13 Å². The molecular formula is C25H24N2O2S. The molecular weight excluding hydrogens is 392 g/mol. The lowest BCUT2D eigenvalue weighted by Gasteiger charge is -2.20. The van der Waals surface area contributed by atoms with Crippen LogP contribution in [0.5, 0.6) is 5.75 Å². The van der Waals surface area contributed by atoms with Gasteiger partial charge in [-0.05, 0) is 48.2 Å². The Hall–Kier alpha value is -3.18. The van der Waals surface area contributed by atoms with Crippen molar-refractivity contribution < 1.29 is 9.53 Å². The monoisotopic (exact) mass is 416 g/mol. The summed E-state index contributed by atoms with van der Waals surface area (Å²) in [6.07, 6.45) is 0.340. The summed E-state index contributed by atoms with van der Waals surface area (Å²) in [6.45, 7) is 4.64. The second-order valence-electron chi connectivity index (χ2n) is 7.39. The highest BCUT2D eigenvalue weighted by atomic mass is 32.1. The highest BCUT2D eigenvalue weighted by molar-refractivity contribution is 7.22. The van der Waals surface area contributed by atoms with Gasteiger partial charge in [0.25, 0.3) is 0 Å². The number of anilines is 1. The first-order valence-electron chi connectivity index (χ1n) is 9.88. The Kier molecular flexibility index (Phi) is 5.81. The SMILES string of the molecule is COc1ccc2sc(N(Cc3ccccc3)C(=O)Cc3ccc(C)c(C)c3)nc2c1. The maximum atomic E-state index is 13.4. The molecule has 4 nitrogen and oxygen atoms in total. The van der Waals surface area contributed by atoms with Gasteiger partial charge in [-0.2, -0.15) is 0 Å². The van der Waals surface area contributed by atoms with Crippen molar-refractivity contribution in [2.45, 2.75) is 26.8 Å². The average Bonchev–Trinajstić information content (AvgIpc) is 3.18. The van der Waals surface area contributed by atoms with E-state index in [0.29, 0.717) is 18.1 Å². The van der Waals surface area contributed by atoms with Gasteiger partial charge in [-0.15, -0.1) is 0 Å². The predicted molar refractivity (Wildman–Crippen MR) is 123 cm³/mol. The Morgan fingerprint density at radius 1 is 0.967 bits per heavy atom. The number of aryl methyl sites for hydroxylation is 2. The Morgan fingerprint density at radius 2 is 1.77 bits per heavy atom. The van der Waals surface area contributed by atoms with Crippen molar-refractivity contribution in [3.8, 4) is 5.75 Å². The molecule has 5 heteroatoms. The summed E-state index contributed by atoms with van der Waals surface area (Å²) in [6, 6.07) is 22.0. The minimum Gasteiger partial charge on any atom is -0.497 e. The van der Waals surface area contributed by atoms with Crippen LogP contribution in [0.15, 0.2) is 66.7 Å². The number of ether oxygens (including phenoxy) is 1. The first-order chi connectivity index (χ1) is 14.5. The van der Waals surface area contributed by atoms with Gasteiger partial charge in [0.05, 0.1) is 30.3 Å². The number of hydrogen-bond acceptors (Lipinski definition) is 4. The predicted octanol–water partition coefficient (Wildman–Crippen LogP) is 5.70. The number of carbonyl (C=O) groups is 1. The molecule has 4 rings (SSSR count). The molecule has 0 bridgehead atoms. The summed E-state index contributed by atoms with van der Waals surface area (Å²) >= 11 is 1.53. The summed E-state index contributed by atoms with van der Waals surface area (Å²) in [7, 11) is 1.64. The molecule has 1 heterocycles. The van der Waals surface area contributed by atoms with Gasteiger partial charge >= 0.3 is 0 Å². The second kappa shape index (κ2) is 8.67. The van der Waals surface area contributed by atoms with E-state index in [2.05, 4.69) is 26.0 Å². The quantitative estimate of drug-likeness (QED) is 0.405. The third-order valence-electron chi connectivity index (χ3n) is 5.23. The fourth-order valence-corrected chi connectivity index (χ4v) is 4.31. The van der Waals surface area contributed by atoms with Crippen LogP contribution in [-0.2, 0) is 17.8 Å². The van der Waals surface area contributed by atoms with Gasteiger partial charge in [0.2, 0.25) is 5.91 Å². The number of carbonyl (C=O) groups excluding carboxylic acids is 1. The fourth-order valence-electron chi connectivity index (χ4n) is 3.35. The first-order valence-corrected chi connectivity index (χ1v) is 10.7. The molecule has 0 N–H and O–H groups in total. The number of aromatic nitrogens is 1. The minimum absolute atomic E-state index is 0.0353. The van der Waals surface area contributed by atoms with Crippen molar-refractivity contribution in [1.82, 2.24) is 4.98 Å².